The molecule has 2 atom stereocenters. The number of aliphatic imine (C=N–C) groups is 1. The number of piperidine rings is 1. The summed E-state index contributed by atoms with van der Waals surface area (Å²) in [5, 5.41) is 1.32. The van der Waals surface area contributed by atoms with Crippen LogP contribution in [0.25, 0.3) is 10.2 Å². The fourth-order valence-corrected chi connectivity index (χ4v) is 4.80. The van der Waals surface area contributed by atoms with Gasteiger partial charge in [0, 0.05) is 24.7 Å². The van der Waals surface area contributed by atoms with Gasteiger partial charge in [0.15, 0.2) is 0 Å². The molecule has 0 N–H and O–H groups in total. The number of likely N-dealkylation sites (N-methyl/N-ethyl adjacent to an activating group) is 1. The minimum atomic E-state index is 0.613. The summed E-state index contributed by atoms with van der Waals surface area (Å²) in [6, 6.07) is 6.75. The number of hydrogen-bond donors (Lipinski definition) is 0. The Kier molecular flexibility index (Phi) is 4.20. The van der Waals surface area contributed by atoms with Crippen LogP contribution in [0.2, 0.25) is 0 Å². The summed E-state index contributed by atoms with van der Waals surface area (Å²) in [6.45, 7) is 5.64. The minimum Gasteiger partial charge on any atom is -0.306 e. The molecule has 0 bridgehead atoms. The lowest BCUT2D eigenvalue weighted by Gasteiger charge is -2.28. The number of rotatable bonds is 2. The van der Waals surface area contributed by atoms with Crippen LogP contribution in [0.4, 0.5) is 0 Å². The first-order valence-electron chi connectivity index (χ1n) is 8.82. The normalized spacial score (nSPS) is 26.4. The largest absolute Gasteiger partial charge is 0.306 e. The lowest BCUT2D eigenvalue weighted by molar-refractivity contribution is 0.250. The lowest BCUT2D eigenvalue weighted by Crippen LogP contribution is -2.30. The van der Waals surface area contributed by atoms with Gasteiger partial charge < -0.3 is 4.90 Å². The SMILES string of the molecule is CC1CCC(c2ccc3sc(C4CCCN(C)C4)nc3c2)=NC1. The quantitative estimate of drug-likeness (QED) is 0.821. The molecule has 1 fully saturated rings. The van der Waals surface area contributed by atoms with Crippen molar-refractivity contribution in [2.24, 2.45) is 10.9 Å². The van der Waals surface area contributed by atoms with Crippen LogP contribution in [0, 0.1) is 5.92 Å². The molecule has 4 heteroatoms. The van der Waals surface area contributed by atoms with Gasteiger partial charge in [0.25, 0.3) is 0 Å². The van der Waals surface area contributed by atoms with Gasteiger partial charge in [-0.1, -0.05) is 13.0 Å². The predicted octanol–water partition coefficient (Wildman–Crippen LogP) is 4.32. The van der Waals surface area contributed by atoms with Crippen molar-refractivity contribution in [3.8, 4) is 0 Å². The first kappa shape index (κ1) is 15.3. The highest BCUT2D eigenvalue weighted by Gasteiger charge is 2.22. The zero-order chi connectivity index (χ0) is 15.8. The van der Waals surface area contributed by atoms with Crippen molar-refractivity contribution in [1.82, 2.24) is 9.88 Å². The molecule has 3 nitrogen and oxygen atoms in total. The van der Waals surface area contributed by atoms with Gasteiger partial charge in [-0.25, -0.2) is 4.98 Å². The third-order valence-electron chi connectivity index (χ3n) is 5.18. The molecule has 2 aromatic rings. The van der Waals surface area contributed by atoms with E-state index in [1.165, 1.54) is 46.8 Å². The molecule has 1 aromatic heterocycles. The molecule has 0 saturated carbocycles. The number of nitrogens with zero attached hydrogens (tertiary/aromatic N) is 3. The Balaban J connectivity index is 1.62. The molecule has 2 aliphatic heterocycles. The number of benzene rings is 1. The lowest BCUT2D eigenvalue weighted by atomic mass is 9.96. The predicted molar refractivity (Wildman–Crippen MR) is 98.9 cm³/mol. The molecule has 2 unspecified atom stereocenters. The van der Waals surface area contributed by atoms with E-state index in [2.05, 4.69) is 37.1 Å². The van der Waals surface area contributed by atoms with Gasteiger partial charge in [-0.2, -0.15) is 0 Å². The van der Waals surface area contributed by atoms with Crippen LogP contribution in [0.15, 0.2) is 23.2 Å². The van der Waals surface area contributed by atoms with E-state index in [9.17, 15) is 0 Å². The van der Waals surface area contributed by atoms with E-state index in [-0.39, 0.29) is 0 Å². The van der Waals surface area contributed by atoms with Gasteiger partial charge in [-0.15, -0.1) is 11.3 Å². The van der Waals surface area contributed by atoms with Crippen LogP contribution >= 0.6 is 11.3 Å². The van der Waals surface area contributed by atoms with Crippen molar-refractivity contribution in [3.63, 3.8) is 0 Å². The number of thiazole rings is 1. The van der Waals surface area contributed by atoms with E-state index in [4.69, 9.17) is 9.98 Å². The third-order valence-corrected chi connectivity index (χ3v) is 6.38. The Morgan fingerprint density at radius 1 is 1.26 bits per heavy atom. The van der Waals surface area contributed by atoms with Gasteiger partial charge in [0.1, 0.15) is 0 Å². The summed E-state index contributed by atoms with van der Waals surface area (Å²) in [4.78, 5) is 12.2. The smallest absolute Gasteiger partial charge is 0.0982 e. The molecule has 122 valence electrons. The zero-order valence-electron chi connectivity index (χ0n) is 14.1. The molecule has 0 radical (unpaired) electrons. The summed E-state index contributed by atoms with van der Waals surface area (Å²) in [5.74, 6) is 1.35. The van der Waals surface area contributed by atoms with Crippen molar-refractivity contribution in [2.75, 3.05) is 26.7 Å². The zero-order valence-corrected chi connectivity index (χ0v) is 14.9. The first-order chi connectivity index (χ1) is 11.2. The minimum absolute atomic E-state index is 0.613. The fourth-order valence-electron chi connectivity index (χ4n) is 3.72. The second-order valence-electron chi connectivity index (χ2n) is 7.27. The maximum Gasteiger partial charge on any atom is 0.0982 e. The van der Waals surface area contributed by atoms with Gasteiger partial charge in [0.2, 0.25) is 0 Å². The Labute approximate surface area is 142 Å². The van der Waals surface area contributed by atoms with Crippen molar-refractivity contribution >= 4 is 27.3 Å². The third kappa shape index (κ3) is 3.20. The second-order valence-corrected chi connectivity index (χ2v) is 8.33. The van der Waals surface area contributed by atoms with Gasteiger partial charge in [0.05, 0.1) is 15.2 Å². The van der Waals surface area contributed by atoms with E-state index in [1.807, 2.05) is 11.3 Å². The molecule has 2 aliphatic rings. The van der Waals surface area contributed by atoms with Crippen molar-refractivity contribution in [1.29, 1.82) is 0 Å². The Hall–Kier alpha value is -1.26. The molecule has 0 aliphatic carbocycles. The average molecular weight is 327 g/mol. The molecule has 0 spiro atoms. The Bertz CT molecular complexity index is 733. The molecule has 1 saturated heterocycles. The van der Waals surface area contributed by atoms with Crippen molar-refractivity contribution in [2.45, 2.75) is 38.5 Å². The van der Waals surface area contributed by atoms with E-state index in [1.54, 1.807) is 0 Å². The van der Waals surface area contributed by atoms with Crippen LogP contribution in [0.3, 0.4) is 0 Å². The van der Waals surface area contributed by atoms with Crippen LogP contribution in [0.1, 0.15) is 49.1 Å². The molecule has 3 heterocycles. The second kappa shape index (κ2) is 6.33. The Morgan fingerprint density at radius 3 is 2.96 bits per heavy atom. The standard InChI is InChI=1S/C19H25N3S/c1-13-5-7-16(20-11-13)14-6-8-18-17(10-14)21-19(23-18)15-4-3-9-22(2)12-15/h6,8,10,13,15H,3-5,7,9,11-12H2,1-2H3. The number of aromatic nitrogens is 1. The molecule has 1 aromatic carbocycles. The summed E-state index contributed by atoms with van der Waals surface area (Å²) in [7, 11) is 2.22. The maximum atomic E-state index is 4.98. The highest BCUT2D eigenvalue weighted by Crippen LogP contribution is 2.33. The highest BCUT2D eigenvalue weighted by molar-refractivity contribution is 7.18. The molecule has 0 amide bonds. The first-order valence-corrected chi connectivity index (χ1v) is 9.63. The van der Waals surface area contributed by atoms with E-state index in [0.717, 1.165) is 30.9 Å². The summed E-state index contributed by atoms with van der Waals surface area (Å²) < 4.78 is 1.32. The summed E-state index contributed by atoms with van der Waals surface area (Å²) in [5.41, 5.74) is 3.72. The van der Waals surface area contributed by atoms with Crippen LogP contribution in [0.5, 0.6) is 0 Å². The molecular formula is C19H25N3S. The van der Waals surface area contributed by atoms with E-state index < -0.39 is 0 Å². The van der Waals surface area contributed by atoms with Crippen LogP contribution in [-0.2, 0) is 0 Å². The van der Waals surface area contributed by atoms with Gasteiger partial charge in [-0.3, -0.25) is 4.99 Å². The fraction of sp³-hybridized carbons (Fsp3) is 0.579. The summed E-state index contributed by atoms with van der Waals surface area (Å²) in [6.07, 6.45) is 4.93. The van der Waals surface area contributed by atoms with Crippen molar-refractivity contribution < 1.29 is 0 Å². The van der Waals surface area contributed by atoms with Crippen molar-refractivity contribution in [3.05, 3.63) is 28.8 Å². The Morgan fingerprint density at radius 2 is 2.17 bits per heavy atom. The highest BCUT2D eigenvalue weighted by atomic mass is 32.1. The molecular weight excluding hydrogens is 302 g/mol. The van der Waals surface area contributed by atoms with E-state index in [0.29, 0.717) is 5.92 Å². The van der Waals surface area contributed by atoms with Crippen LogP contribution in [-0.4, -0.2) is 42.3 Å². The van der Waals surface area contributed by atoms with Gasteiger partial charge >= 0.3 is 0 Å². The monoisotopic (exact) mass is 327 g/mol. The number of hydrogen-bond acceptors (Lipinski definition) is 4. The summed E-state index contributed by atoms with van der Waals surface area (Å²) >= 11 is 1.88. The number of likely N-dealkylation sites (tertiary alicyclic amines) is 1. The number of fused-ring (bicyclic) bond motifs is 1. The molecule has 4 rings (SSSR count). The van der Waals surface area contributed by atoms with Crippen LogP contribution < -0.4 is 0 Å². The topological polar surface area (TPSA) is 28.5 Å². The van der Waals surface area contributed by atoms with E-state index >= 15 is 0 Å². The average Bonchev–Trinajstić information content (AvgIpc) is 2.99. The maximum absolute atomic E-state index is 4.98. The molecule has 23 heavy (non-hydrogen) atoms. The van der Waals surface area contributed by atoms with Gasteiger partial charge in [-0.05, 0) is 62.9 Å².